The average Bonchev–Trinajstić information content (AvgIpc) is 2.76. The van der Waals surface area contributed by atoms with Crippen LogP contribution in [0.5, 0.6) is 0 Å². The fourth-order valence-electron chi connectivity index (χ4n) is 2.28. The molecule has 0 aromatic carbocycles. The molecule has 0 bridgehead atoms. The van der Waals surface area contributed by atoms with Gasteiger partial charge in [0.25, 0.3) is 0 Å². The molecule has 0 aromatic rings. The molecule has 0 aromatic heterocycles. The minimum atomic E-state index is -1.74. The van der Waals surface area contributed by atoms with E-state index in [9.17, 15) is 20.1 Å². The lowest BCUT2D eigenvalue weighted by atomic mass is 9.88. The normalized spacial score (nSPS) is 28.3. The summed E-state index contributed by atoms with van der Waals surface area (Å²) in [6, 6.07) is 0. The molecule has 0 heterocycles. The number of rotatable bonds is 8. The predicted molar refractivity (Wildman–Crippen MR) is 73.7 cm³/mol. The maximum Gasteiger partial charge on any atom is 0.310 e. The van der Waals surface area contributed by atoms with Crippen molar-refractivity contribution in [1.82, 2.24) is 0 Å². The highest BCUT2D eigenvalue weighted by Crippen LogP contribution is 2.28. The monoisotopic (exact) mass is 269 g/mol. The van der Waals surface area contributed by atoms with E-state index in [1.807, 2.05) is 6.92 Å². The van der Waals surface area contributed by atoms with Gasteiger partial charge in [-0.2, -0.15) is 0 Å². The molecule has 1 rings (SSSR count). The van der Waals surface area contributed by atoms with Crippen molar-refractivity contribution in [2.75, 3.05) is 0 Å². The van der Waals surface area contributed by atoms with Crippen LogP contribution in [-0.4, -0.2) is 33.5 Å². The Hall–Kier alpha value is -1.13. The highest BCUT2D eigenvalue weighted by Gasteiger charge is 2.32. The highest BCUT2D eigenvalue weighted by atomic mass is 16.4. The topological polar surface area (TPSA) is 77.8 Å². The Morgan fingerprint density at radius 3 is 2.79 bits per heavy atom. The van der Waals surface area contributed by atoms with E-state index in [0.717, 1.165) is 19.3 Å². The maximum absolute atomic E-state index is 11.3. The van der Waals surface area contributed by atoms with E-state index < -0.39 is 30.0 Å². The van der Waals surface area contributed by atoms with Crippen LogP contribution in [0.15, 0.2) is 24.3 Å². The summed E-state index contributed by atoms with van der Waals surface area (Å²) in [6.07, 6.45) is 6.86. The Balaban J connectivity index is 2.65. The minimum Gasteiger partial charge on any atom is -0.481 e. The number of aliphatic hydroxyl groups excluding tert-OH is 1. The molecule has 0 saturated carbocycles. The van der Waals surface area contributed by atoms with E-state index in [-0.39, 0.29) is 6.42 Å². The summed E-state index contributed by atoms with van der Waals surface area (Å²) in [6.45, 7) is 2.04. The third-order valence-corrected chi connectivity index (χ3v) is 3.46. The molecular formula is C15H24O4. The van der Waals surface area contributed by atoms with Crippen LogP contribution in [0.3, 0.4) is 0 Å². The van der Waals surface area contributed by atoms with Crippen LogP contribution in [0.4, 0.5) is 0 Å². The Bertz CT molecular complexity index is 376. The molecule has 0 saturated heterocycles. The lowest BCUT2D eigenvalue weighted by Gasteiger charge is -2.20. The number of hydrogen-bond donors (Lipinski definition) is 3. The van der Waals surface area contributed by atoms with Crippen LogP contribution in [0.1, 0.15) is 40.4 Å². The van der Waals surface area contributed by atoms with Gasteiger partial charge in [-0.3, -0.25) is 4.79 Å². The lowest BCUT2D eigenvalue weighted by molar-refractivity contribution is -0.142. The van der Waals surface area contributed by atoms with Crippen molar-refractivity contribution in [3.63, 3.8) is 0 Å². The van der Waals surface area contributed by atoms with Crippen LogP contribution < -0.4 is 0 Å². The number of carbonyl (C=O) groups is 1. The minimum absolute atomic E-state index is 0.287. The average molecular weight is 269 g/mol. The van der Waals surface area contributed by atoms with Crippen LogP contribution in [0.2, 0.25) is 0 Å². The predicted octanol–water partition coefficient (Wildman–Crippen LogP) is 2.12. The van der Waals surface area contributed by atoms with Crippen molar-refractivity contribution < 1.29 is 21.5 Å². The first-order chi connectivity index (χ1) is 9.37. The van der Waals surface area contributed by atoms with E-state index in [1.54, 1.807) is 12.2 Å². The Morgan fingerprint density at radius 2 is 2.26 bits per heavy atom. The Labute approximate surface area is 115 Å². The van der Waals surface area contributed by atoms with Crippen molar-refractivity contribution in [3.8, 4) is 0 Å². The van der Waals surface area contributed by atoms with Gasteiger partial charge in [0.2, 0.25) is 0 Å². The summed E-state index contributed by atoms with van der Waals surface area (Å²) in [7, 11) is 0. The number of hydrogen-bond acceptors (Lipinski definition) is 3. The second-order valence-electron chi connectivity index (χ2n) is 4.99. The lowest BCUT2D eigenvalue weighted by Crippen LogP contribution is -2.28. The smallest absolute Gasteiger partial charge is 0.310 e. The summed E-state index contributed by atoms with van der Waals surface area (Å²) in [4.78, 5) is 11.3. The molecule has 0 amide bonds. The SMILES string of the molecule is [2H][C@@](O)(C=C[C@@H](C(=O)O)[C@H]1CC=C[C@@H]1O)CCCCC. The molecule has 0 unspecified atom stereocenters. The first-order valence-corrected chi connectivity index (χ1v) is 6.86. The largest absolute Gasteiger partial charge is 0.481 e. The molecule has 19 heavy (non-hydrogen) atoms. The summed E-state index contributed by atoms with van der Waals surface area (Å²) in [5.74, 6) is -2.35. The second kappa shape index (κ2) is 8.12. The van der Waals surface area contributed by atoms with Crippen molar-refractivity contribution in [1.29, 1.82) is 0 Å². The van der Waals surface area contributed by atoms with Gasteiger partial charge >= 0.3 is 5.97 Å². The van der Waals surface area contributed by atoms with Crippen LogP contribution in [0.25, 0.3) is 0 Å². The van der Waals surface area contributed by atoms with Gasteiger partial charge in [0.1, 0.15) is 0 Å². The van der Waals surface area contributed by atoms with Gasteiger partial charge in [-0.1, -0.05) is 50.5 Å². The zero-order chi connectivity index (χ0) is 15.2. The zero-order valence-corrected chi connectivity index (χ0v) is 11.3. The zero-order valence-electron chi connectivity index (χ0n) is 12.3. The van der Waals surface area contributed by atoms with Crippen molar-refractivity contribution >= 4 is 5.97 Å². The number of aliphatic carboxylic acids is 1. The summed E-state index contributed by atoms with van der Waals surface area (Å²) in [5, 5.41) is 28.8. The molecule has 0 aliphatic heterocycles. The maximum atomic E-state index is 11.3. The summed E-state index contributed by atoms with van der Waals surface area (Å²) >= 11 is 0. The number of allylic oxidation sites excluding steroid dienone is 1. The fourth-order valence-corrected chi connectivity index (χ4v) is 2.28. The first kappa shape index (κ1) is 14.3. The fraction of sp³-hybridized carbons (Fsp3) is 0.667. The number of unbranched alkanes of at least 4 members (excludes halogenated alkanes) is 2. The Morgan fingerprint density at radius 1 is 1.53 bits per heavy atom. The number of carboxylic acid groups (broad SMARTS) is 1. The van der Waals surface area contributed by atoms with Gasteiger partial charge < -0.3 is 15.3 Å². The molecule has 4 atom stereocenters. The second-order valence-corrected chi connectivity index (χ2v) is 4.99. The van der Waals surface area contributed by atoms with Gasteiger partial charge in [0.05, 0.1) is 19.5 Å². The van der Waals surface area contributed by atoms with Crippen LogP contribution >= 0.6 is 0 Å². The summed E-state index contributed by atoms with van der Waals surface area (Å²) in [5.41, 5.74) is 0. The quantitative estimate of drug-likeness (QED) is 0.466. The van der Waals surface area contributed by atoms with Crippen molar-refractivity contribution in [2.45, 2.75) is 51.2 Å². The molecule has 0 radical (unpaired) electrons. The summed E-state index contributed by atoms with van der Waals surface area (Å²) < 4.78 is 7.76. The van der Waals surface area contributed by atoms with E-state index in [4.69, 9.17) is 1.37 Å². The van der Waals surface area contributed by atoms with Gasteiger partial charge in [0, 0.05) is 5.92 Å². The molecule has 0 spiro atoms. The van der Waals surface area contributed by atoms with Gasteiger partial charge in [-0.15, -0.1) is 0 Å². The molecule has 4 heteroatoms. The van der Waals surface area contributed by atoms with E-state index in [1.165, 1.54) is 12.2 Å². The molecule has 1 aliphatic rings. The van der Waals surface area contributed by atoms with E-state index in [0.29, 0.717) is 6.42 Å². The van der Waals surface area contributed by atoms with Crippen molar-refractivity contribution in [2.24, 2.45) is 11.8 Å². The third kappa shape index (κ3) is 5.17. The molecule has 108 valence electrons. The van der Waals surface area contributed by atoms with Gasteiger partial charge in [-0.25, -0.2) is 0 Å². The Kier molecular flexibility index (Phi) is 6.11. The molecule has 1 aliphatic carbocycles. The number of aliphatic hydroxyl groups is 2. The third-order valence-electron chi connectivity index (χ3n) is 3.46. The van der Waals surface area contributed by atoms with Crippen molar-refractivity contribution in [3.05, 3.63) is 24.3 Å². The van der Waals surface area contributed by atoms with Crippen LogP contribution in [-0.2, 0) is 4.79 Å². The molecule has 3 N–H and O–H groups in total. The van der Waals surface area contributed by atoms with Gasteiger partial charge in [0.15, 0.2) is 0 Å². The first-order valence-electron chi connectivity index (χ1n) is 7.36. The highest BCUT2D eigenvalue weighted by molar-refractivity contribution is 5.72. The van der Waals surface area contributed by atoms with E-state index in [2.05, 4.69) is 0 Å². The molecule has 4 nitrogen and oxygen atoms in total. The number of carboxylic acids is 1. The standard InChI is InChI=1S/C15H24O4/c1-2-3-4-6-11(16)9-10-13(15(18)19)12-7-5-8-14(12)17/h5,8-14,16-17H,2-4,6-7H2,1H3,(H,18,19)/t11-,12+,13+,14-/m0/s1/i11D. The van der Waals surface area contributed by atoms with Gasteiger partial charge in [-0.05, 0) is 12.8 Å². The molecule has 0 fully saturated rings. The van der Waals surface area contributed by atoms with Crippen LogP contribution in [0, 0.1) is 11.8 Å². The van der Waals surface area contributed by atoms with E-state index >= 15 is 0 Å². The molecular weight excluding hydrogens is 244 g/mol.